The van der Waals surface area contributed by atoms with Crippen LogP contribution >= 0.6 is 23.2 Å². The molecule has 0 bridgehead atoms. The third kappa shape index (κ3) is 5.92. The molecule has 1 aromatic heterocycles. The number of alkyl halides is 3. The summed E-state index contributed by atoms with van der Waals surface area (Å²) in [4.78, 5) is 15.8. The van der Waals surface area contributed by atoms with Gasteiger partial charge in [-0.3, -0.25) is 0 Å². The van der Waals surface area contributed by atoms with Gasteiger partial charge in [-0.15, -0.1) is 0 Å². The molecule has 2 aromatic carbocycles. The number of nitrogens with zero attached hydrogens (tertiary/aromatic N) is 2. The van der Waals surface area contributed by atoms with E-state index in [0.717, 1.165) is 18.2 Å². The Hall–Kier alpha value is -2.89. The van der Waals surface area contributed by atoms with Crippen molar-refractivity contribution in [1.29, 1.82) is 0 Å². The highest BCUT2D eigenvalue weighted by Crippen LogP contribution is 2.35. The molecule has 13 heteroatoms. The minimum absolute atomic E-state index is 0.0372. The van der Waals surface area contributed by atoms with Crippen molar-refractivity contribution in [3.63, 3.8) is 0 Å². The lowest BCUT2D eigenvalue weighted by molar-refractivity contribution is -0.137. The molecule has 0 saturated heterocycles. The Morgan fingerprint density at radius 1 is 1.03 bits per heavy atom. The van der Waals surface area contributed by atoms with E-state index in [1.807, 2.05) is 0 Å². The predicted molar refractivity (Wildman–Crippen MR) is 113 cm³/mol. The van der Waals surface area contributed by atoms with Crippen LogP contribution in [0.1, 0.15) is 21.5 Å². The number of carbonyl (C=O) groups is 1. The summed E-state index contributed by atoms with van der Waals surface area (Å²) in [7, 11) is -5.02. The van der Waals surface area contributed by atoms with E-state index in [1.54, 1.807) is 6.07 Å². The van der Waals surface area contributed by atoms with Crippen LogP contribution in [-0.2, 0) is 27.2 Å². The molecule has 0 atom stereocenters. The van der Waals surface area contributed by atoms with E-state index in [-0.39, 0.29) is 16.1 Å². The molecule has 0 N–H and O–H groups in total. The van der Waals surface area contributed by atoms with Crippen molar-refractivity contribution in [1.82, 2.24) is 4.98 Å². The van der Waals surface area contributed by atoms with Crippen LogP contribution in [0, 0.1) is 5.82 Å². The second-order valence-electron chi connectivity index (χ2n) is 6.46. The first-order valence-corrected chi connectivity index (χ1v) is 11.0. The molecule has 0 saturated carbocycles. The van der Waals surface area contributed by atoms with E-state index in [0.29, 0.717) is 16.6 Å². The molecule has 6 nitrogen and oxygen atoms in total. The second-order valence-corrected chi connectivity index (χ2v) is 8.74. The van der Waals surface area contributed by atoms with Gasteiger partial charge in [0.25, 0.3) is 0 Å². The van der Waals surface area contributed by atoms with Gasteiger partial charge < -0.3 is 4.18 Å². The first-order chi connectivity index (χ1) is 15.4. The fourth-order valence-electron chi connectivity index (χ4n) is 2.60. The summed E-state index contributed by atoms with van der Waals surface area (Å²) in [6.07, 6.45) is -4.42. The highest BCUT2D eigenvalue weighted by atomic mass is 35.5. The zero-order valence-corrected chi connectivity index (χ0v) is 18.5. The smallest absolute Gasteiger partial charge is 0.325 e. The third-order valence-electron chi connectivity index (χ3n) is 4.17. The molecule has 1 heterocycles. The van der Waals surface area contributed by atoms with Crippen molar-refractivity contribution >= 4 is 45.3 Å². The average Bonchev–Trinajstić information content (AvgIpc) is 2.73. The number of halogens is 6. The first kappa shape index (κ1) is 24.7. The molecule has 0 aliphatic carbocycles. The molecule has 0 radical (unpaired) electrons. The van der Waals surface area contributed by atoms with Gasteiger partial charge in [0.05, 0.1) is 22.7 Å². The molecule has 0 amide bonds. The van der Waals surface area contributed by atoms with Gasteiger partial charge in [0.15, 0.2) is 5.82 Å². The summed E-state index contributed by atoms with van der Waals surface area (Å²) >= 11 is 11.9. The molecule has 0 spiro atoms. The SMILES string of the molecule is O=C(OS(=O)(=O)N(Cc1ccc(F)cc1Cl)c1ncc(C(F)(F)F)cc1Cl)c1ccccc1. The van der Waals surface area contributed by atoms with Gasteiger partial charge >= 0.3 is 22.4 Å². The maximum atomic E-state index is 13.4. The Balaban J connectivity index is 2.06. The fraction of sp³-hybridized carbons (Fsp3) is 0.100. The third-order valence-corrected chi connectivity index (χ3v) is 6.01. The number of aromatic nitrogens is 1. The number of carbonyl (C=O) groups excluding carboxylic acids is 1. The zero-order chi connectivity index (χ0) is 24.4. The number of benzene rings is 2. The molecule has 174 valence electrons. The molecular formula is C20H12Cl2F4N2O4S. The van der Waals surface area contributed by atoms with Gasteiger partial charge in [-0.1, -0.05) is 47.5 Å². The lowest BCUT2D eigenvalue weighted by Crippen LogP contribution is -2.35. The monoisotopic (exact) mass is 522 g/mol. The molecule has 0 unspecified atom stereocenters. The second kappa shape index (κ2) is 9.54. The maximum Gasteiger partial charge on any atom is 0.417 e. The van der Waals surface area contributed by atoms with Crippen LogP contribution in [0.5, 0.6) is 0 Å². The molecule has 0 aliphatic heterocycles. The van der Waals surface area contributed by atoms with Gasteiger partial charge in [0.2, 0.25) is 0 Å². The summed E-state index contributed by atoms with van der Waals surface area (Å²) in [5.41, 5.74) is -1.29. The van der Waals surface area contributed by atoms with Crippen LogP contribution in [0.15, 0.2) is 60.8 Å². The zero-order valence-electron chi connectivity index (χ0n) is 16.2. The van der Waals surface area contributed by atoms with Gasteiger partial charge in [0.1, 0.15) is 5.82 Å². The summed E-state index contributed by atoms with van der Waals surface area (Å²) < 4.78 is 83.3. The minimum atomic E-state index is -5.02. The Labute approximate surface area is 195 Å². The van der Waals surface area contributed by atoms with Gasteiger partial charge in [-0.2, -0.15) is 21.6 Å². The minimum Gasteiger partial charge on any atom is -0.325 e. The fourth-order valence-corrected chi connectivity index (χ4v) is 4.17. The molecular weight excluding hydrogens is 511 g/mol. The van der Waals surface area contributed by atoms with Crippen molar-refractivity contribution in [2.24, 2.45) is 0 Å². The van der Waals surface area contributed by atoms with Crippen LogP contribution in [0.2, 0.25) is 10.0 Å². The lowest BCUT2D eigenvalue weighted by atomic mass is 10.2. The Morgan fingerprint density at radius 3 is 2.27 bits per heavy atom. The molecule has 33 heavy (non-hydrogen) atoms. The number of hydrogen-bond acceptors (Lipinski definition) is 5. The van der Waals surface area contributed by atoms with Crippen LogP contribution in [0.3, 0.4) is 0 Å². The lowest BCUT2D eigenvalue weighted by Gasteiger charge is -2.24. The standard InChI is InChI=1S/C20H12Cl2F4N2O4S/c21-16-9-15(23)7-6-13(16)11-28(18-17(22)8-14(10-27-18)20(24,25)26)33(30,31)32-19(29)12-4-2-1-3-5-12/h1-10H,11H2. The predicted octanol–water partition coefficient (Wildman–Crippen LogP) is 5.65. The van der Waals surface area contributed by atoms with Crippen LogP contribution < -0.4 is 4.31 Å². The molecule has 0 aliphatic rings. The van der Waals surface area contributed by atoms with E-state index in [1.165, 1.54) is 24.3 Å². The molecule has 3 aromatic rings. The van der Waals surface area contributed by atoms with Crippen molar-refractivity contribution in [2.75, 3.05) is 4.31 Å². The quantitative estimate of drug-likeness (QED) is 0.390. The summed E-state index contributed by atoms with van der Waals surface area (Å²) in [5, 5.41) is -0.880. The van der Waals surface area contributed by atoms with Crippen molar-refractivity contribution in [3.8, 4) is 0 Å². The topological polar surface area (TPSA) is 76.6 Å². The summed E-state index contributed by atoms with van der Waals surface area (Å²) in [6.45, 7) is -0.679. The summed E-state index contributed by atoms with van der Waals surface area (Å²) in [5.74, 6) is -2.63. The van der Waals surface area contributed by atoms with Crippen molar-refractivity contribution < 1.29 is 35.0 Å². The number of pyridine rings is 1. The Morgan fingerprint density at radius 2 is 1.70 bits per heavy atom. The normalized spacial score (nSPS) is 11.8. The van der Waals surface area contributed by atoms with E-state index in [9.17, 15) is 30.8 Å². The van der Waals surface area contributed by atoms with E-state index < -0.39 is 51.2 Å². The van der Waals surface area contributed by atoms with Crippen LogP contribution in [0.25, 0.3) is 0 Å². The summed E-state index contributed by atoms with van der Waals surface area (Å²) in [6, 6.07) is 10.6. The maximum absolute atomic E-state index is 13.4. The van der Waals surface area contributed by atoms with Crippen molar-refractivity contribution in [3.05, 3.63) is 93.3 Å². The first-order valence-electron chi connectivity index (χ1n) is 8.86. The van der Waals surface area contributed by atoms with Crippen molar-refractivity contribution in [2.45, 2.75) is 12.7 Å². The van der Waals surface area contributed by atoms with E-state index >= 15 is 0 Å². The van der Waals surface area contributed by atoms with Crippen LogP contribution in [-0.4, -0.2) is 19.4 Å². The highest BCUT2D eigenvalue weighted by Gasteiger charge is 2.35. The molecule has 0 fully saturated rings. The number of anilines is 1. The number of rotatable bonds is 6. The highest BCUT2D eigenvalue weighted by molar-refractivity contribution is 7.88. The van der Waals surface area contributed by atoms with E-state index in [2.05, 4.69) is 9.17 Å². The van der Waals surface area contributed by atoms with Gasteiger partial charge in [-0.05, 0) is 35.9 Å². The average molecular weight is 523 g/mol. The van der Waals surface area contributed by atoms with Gasteiger partial charge in [-0.25, -0.2) is 18.5 Å². The van der Waals surface area contributed by atoms with Crippen LogP contribution in [0.4, 0.5) is 23.4 Å². The largest absolute Gasteiger partial charge is 0.417 e. The Kier molecular flexibility index (Phi) is 7.15. The molecule has 3 rings (SSSR count). The van der Waals surface area contributed by atoms with E-state index in [4.69, 9.17) is 23.2 Å². The Bertz CT molecular complexity index is 1290. The number of hydrogen-bond donors (Lipinski definition) is 0. The van der Waals surface area contributed by atoms with Gasteiger partial charge in [0, 0.05) is 11.2 Å².